The number of amides is 2. The van der Waals surface area contributed by atoms with E-state index in [1.807, 2.05) is 73.7 Å². The van der Waals surface area contributed by atoms with E-state index in [1.165, 1.54) is 0 Å². The van der Waals surface area contributed by atoms with E-state index in [-0.39, 0.29) is 24.5 Å². The lowest BCUT2D eigenvalue weighted by Crippen LogP contribution is -2.53. The molecule has 1 unspecified atom stereocenters. The fourth-order valence-electron chi connectivity index (χ4n) is 4.77. The number of methoxy groups -OCH3 is 1. The molecule has 0 radical (unpaired) electrons. The molecule has 1 N–H and O–H groups in total. The molecule has 6 heteroatoms. The Kier molecular flexibility index (Phi) is 9.19. The summed E-state index contributed by atoms with van der Waals surface area (Å²) in [6.45, 7) is 2.14. The number of benzene rings is 3. The van der Waals surface area contributed by atoms with Crippen LogP contribution in [0.2, 0.25) is 0 Å². The van der Waals surface area contributed by atoms with Gasteiger partial charge in [0.2, 0.25) is 5.91 Å². The van der Waals surface area contributed by atoms with E-state index in [1.54, 1.807) is 24.1 Å². The average Bonchev–Trinajstić information content (AvgIpc) is 3.44. The Morgan fingerprint density at radius 1 is 0.892 bits per heavy atom. The van der Waals surface area contributed by atoms with E-state index >= 15 is 0 Å². The second kappa shape index (κ2) is 12.9. The van der Waals surface area contributed by atoms with Crippen LogP contribution in [0.25, 0.3) is 0 Å². The second-order valence-electron chi connectivity index (χ2n) is 9.64. The van der Waals surface area contributed by atoms with Crippen LogP contribution in [0, 0.1) is 6.92 Å². The minimum Gasteiger partial charge on any atom is -0.493 e. The van der Waals surface area contributed by atoms with Gasteiger partial charge in [-0.05, 0) is 43.0 Å². The van der Waals surface area contributed by atoms with Crippen molar-refractivity contribution in [1.82, 2.24) is 10.2 Å². The number of hydrogen-bond acceptors (Lipinski definition) is 4. The summed E-state index contributed by atoms with van der Waals surface area (Å²) in [7, 11) is 1.57. The number of nitrogens with zero attached hydrogens (tertiary/aromatic N) is 1. The zero-order chi connectivity index (χ0) is 26.0. The minimum atomic E-state index is -0.668. The molecule has 0 aromatic heterocycles. The first-order valence-electron chi connectivity index (χ1n) is 13.0. The fraction of sp³-hybridized carbons (Fsp3) is 0.355. The molecule has 4 rings (SSSR count). The Labute approximate surface area is 219 Å². The zero-order valence-corrected chi connectivity index (χ0v) is 21.7. The smallest absolute Gasteiger partial charge is 0.261 e. The highest BCUT2D eigenvalue weighted by atomic mass is 16.5. The van der Waals surface area contributed by atoms with Gasteiger partial charge in [-0.25, -0.2) is 0 Å². The molecule has 0 saturated heterocycles. The van der Waals surface area contributed by atoms with Gasteiger partial charge >= 0.3 is 0 Å². The highest BCUT2D eigenvalue weighted by molar-refractivity contribution is 5.88. The van der Waals surface area contributed by atoms with Gasteiger partial charge in [-0.15, -0.1) is 0 Å². The summed E-state index contributed by atoms with van der Waals surface area (Å²) >= 11 is 0. The molecule has 1 fully saturated rings. The molecule has 0 heterocycles. The second-order valence-corrected chi connectivity index (χ2v) is 9.64. The van der Waals surface area contributed by atoms with Crippen molar-refractivity contribution in [3.8, 4) is 11.5 Å². The summed E-state index contributed by atoms with van der Waals surface area (Å²) in [6, 6.07) is 24.6. The van der Waals surface area contributed by atoms with Gasteiger partial charge < -0.3 is 19.7 Å². The van der Waals surface area contributed by atoms with Gasteiger partial charge in [-0.1, -0.05) is 85.1 Å². The topological polar surface area (TPSA) is 67.9 Å². The normalized spacial score (nSPS) is 14.1. The van der Waals surface area contributed by atoms with Crippen molar-refractivity contribution < 1.29 is 19.1 Å². The van der Waals surface area contributed by atoms with Gasteiger partial charge in [-0.2, -0.15) is 0 Å². The quantitative estimate of drug-likeness (QED) is 0.399. The molecule has 3 aromatic rings. The van der Waals surface area contributed by atoms with Crippen molar-refractivity contribution in [2.45, 2.75) is 57.7 Å². The maximum Gasteiger partial charge on any atom is 0.261 e. The molecule has 0 aliphatic heterocycles. The molecule has 2 amide bonds. The lowest BCUT2D eigenvalue weighted by Gasteiger charge is -2.32. The van der Waals surface area contributed by atoms with Crippen LogP contribution in [0.5, 0.6) is 11.5 Å². The first-order chi connectivity index (χ1) is 18.0. The third-order valence-corrected chi connectivity index (χ3v) is 6.87. The van der Waals surface area contributed by atoms with E-state index in [2.05, 4.69) is 5.32 Å². The first kappa shape index (κ1) is 26.3. The van der Waals surface area contributed by atoms with E-state index in [9.17, 15) is 9.59 Å². The van der Waals surface area contributed by atoms with Crippen LogP contribution >= 0.6 is 0 Å². The van der Waals surface area contributed by atoms with Crippen LogP contribution in [0.4, 0.5) is 0 Å². The van der Waals surface area contributed by atoms with Crippen molar-refractivity contribution >= 4 is 11.8 Å². The predicted molar refractivity (Wildman–Crippen MR) is 145 cm³/mol. The van der Waals surface area contributed by atoms with Gasteiger partial charge in [0.05, 0.1) is 7.11 Å². The lowest BCUT2D eigenvalue weighted by molar-refractivity contribution is -0.143. The Bertz CT molecular complexity index is 1160. The number of rotatable bonds is 11. The van der Waals surface area contributed by atoms with E-state index in [0.29, 0.717) is 24.5 Å². The first-order valence-corrected chi connectivity index (χ1v) is 13.0. The van der Waals surface area contributed by atoms with E-state index in [4.69, 9.17) is 9.47 Å². The Balaban J connectivity index is 1.61. The molecule has 1 aliphatic carbocycles. The fourth-order valence-corrected chi connectivity index (χ4v) is 4.77. The number of carbonyl (C=O) groups excluding carboxylic acids is 2. The Morgan fingerprint density at radius 2 is 1.54 bits per heavy atom. The zero-order valence-electron chi connectivity index (χ0n) is 21.7. The van der Waals surface area contributed by atoms with E-state index in [0.717, 1.165) is 42.4 Å². The summed E-state index contributed by atoms with van der Waals surface area (Å²) in [5.41, 5.74) is 3.10. The molecular weight excluding hydrogens is 464 g/mol. The van der Waals surface area contributed by atoms with Crippen LogP contribution in [0.3, 0.4) is 0 Å². The highest BCUT2D eigenvalue weighted by Gasteiger charge is 2.32. The van der Waals surface area contributed by atoms with Gasteiger partial charge in [0.15, 0.2) is 18.1 Å². The SMILES string of the molecule is COc1ccccc1OCC(=O)N(Cc1ccc(C)cc1)C(Cc1ccccc1)C(=O)NC1CCCC1. The molecule has 194 valence electrons. The standard InChI is InChI=1S/C31H36N2O4/c1-23-16-18-25(19-17-23)21-33(30(34)22-37-29-15-9-8-14-28(29)36-2)27(20-24-10-4-3-5-11-24)31(35)32-26-12-6-7-13-26/h3-5,8-11,14-19,26-27H,6-7,12-13,20-22H2,1-2H3,(H,32,35). The van der Waals surface area contributed by atoms with E-state index < -0.39 is 6.04 Å². The molecule has 1 saturated carbocycles. The Morgan fingerprint density at radius 3 is 2.22 bits per heavy atom. The third-order valence-electron chi connectivity index (χ3n) is 6.87. The minimum absolute atomic E-state index is 0.117. The maximum atomic E-state index is 13.7. The molecule has 37 heavy (non-hydrogen) atoms. The summed E-state index contributed by atoms with van der Waals surface area (Å²) in [5.74, 6) is 0.673. The van der Waals surface area contributed by atoms with Crippen molar-refractivity contribution in [3.63, 3.8) is 0 Å². The number of carbonyl (C=O) groups is 2. The third kappa shape index (κ3) is 7.35. The van der Waals surface area contributed by atoms with Crippen LogP contribution in [0.1, 0.15) is 42.4 Å². The average molecular weight is 501 g/mol. The Hall–Kier alpha value is -3.80. The molecule has 3 aromatic carbocycles. The van der Waals surface area contributed by atoms with Crippen molar-refractivity contribution in [3.05, 3.63) is 95.6 Å². The lowest BCUT2D eigenvalue weighted by atomic mass is 10.0. The number of nitrogens with one attached hydrogen (secondary N) is 1. The van der Waals surface area contributed by atoms with Crippen LogP contribution in [-0.2, 0) is 22.6 Å². The molecule has 0 bridgehead atoms. The molecule has 1 atom stereocenters. The van der Waals surface area contributed by atoms with Crippen molar-refractivity contribution in [2.24, 2.45) is 0 Å². The summed E-state index contributed by atoms with van der Waals surface area (Å²) in [4.78, 5) is 29.1. The van der Waals surface area contributed by atoms with Crippen LogP contribution in [-0.4, -0.2) is 42.5 Å². The van der Waals surface area contributed by atoms with Gasteiger partial charge in [0, 0.05) is 19.0 Å². The summed E-state index contributed by atoms with van der Waals surface area (Å²) in [5, 5.41) is 3.23. The number of para-hydroxylation sites is 2. The summed E-state index contributed by atoms with van der Waals surface area (Å²) < 4.78 is 11.3. The monoisotopic (exact) mass is 500 g/mol. The molecule has 1 aliphatic rings. The maximum absolute atomic E-state index is 13.7. The number of hydrogen-bond donors (Lipinski definition) is 1. The molecular formula is C31H36N2O4. The van der Waals surface area contributed by atoms with Gasteiger partial charge in [0.25, 0.3) is 5.91 Å². The largest absolute Gasteiger partial charge is 0.493 e. The highest BCUT2D eigenvalue weighted by Crippen LogP contribution is 2.26. The predicted octanol–water partition coefficient (Wildman–Crippen LogP) is 5.08. The number of ether oxygens (including phenoxy) is 2. The van der Waals surface area contributed by atoms with Crippen LogP contribution in [0.15, 0.2) is 78.9 Å². The van der Waals surface area contributed by atoms with Crippen molar-refractivity contribution in [1.29, 1.82) is 0 Å². The molecule has 6 nitrogen and oxygen atoms in total. The number of aryl methyl sites for hydroxylation is 1. The van der Waals surface area contributed by atoms with Gasteiger partial charge in [0.1, 0.15) is 6.04 Å². The molecule has 0 spiro atoms. The van der Waals surface area contributed by atoms with Crippen molar-refractivity contribution in [2.75, 3.05) is 13.7 Å². The van der Waals surface area contributed by atoms with Gasteiger partial charge in [-0.3, -0.25) is 9.59 Å². The van der Waals surface area contributed by atoms with Crippen LogP contribution < -0.4 is 14.8 Å². The summed E-state index contributed by atoms with van der Waals surface area (Å²) in [6.07, 6.45) is 4.62.